The first-order valence-electron chi connectivity index (χ1n) is 5.91. The van der Waals surface area contributed by atoms with E-state index in [1.165, 1.54) is 19.1 Å². The molecule has 0 atom stereocenters. The highest BCUT2D eigenvalue weighted by molar-refractivity contribution is 6.33. The minimum Gasteiger partial charge on any atom is -0.476 e. The Hall–Kier alpha value is -2.60. The number of carboxylic acids is 1. The number of carboxylic acid groups (broad SMARTS) is 1. The van der Waals surface area contributed by atoms with Gasteiger partial charge in [-0.15, -0.1) is 0 Å². The maximum absolute atomic E-state index is 11.1. The fourth-order valence-corrected chi connectivity index (χ4v) is 1.78. The Morgan fingerprint density at radius 2 is 1.95 bits per heavy atom. The minimum atomic E-state index is -1.25. The Bertz CT molecular complexity index is 703. The van der Waals surface area contributed by atoms with E-state index in [2.05, 4.69) is 10.3 Å². The molecule has 0 aliphatic carbocycles. The number of benzene rings is 1. The molecule has 0 bridgehead atoms. The molecule has 1 aromatic heterocycles. The predicted octanol–water partition coefficient (Wildman–Crippen LogP) is 3.18. The summed E-state index contributed by atoms with van der Waals surface area (Å²) in [5, 5.41) is 11.6. The van der Waals surface area contributed by atoms with E-state index in [0.717, 1.165) is 0 Å². The minimum absolute atomic E-state index is 0.0185. The van der Waals surface area contributed by atoms with Crippen LogP contribution in [0.2, 0.25) is 5.02 Å². The molecular formula is C14H11ClN2O4. The number of nitrogens with one attached hydrogen (secondary N) is 1. The number of carbonyl (C=O) groups excluding carboxylic acids is 1. The van der Waals surface area contributed by atoms with Crippen LogP contribution in [0.15, 0.2) is 36.4 Å². The van der Waals surface area contributed by atoms with Gasteiger partial charge in [0, 0.05) is 13.0 Å². The predicted molar refractivity (Wildman–Crippen MR) is 77.0 cm³/mol. The van der Waals surface area contributed by atoms with Crippen molar-refractivity contribution in [1.29, 1.82) is 0 Å². The van der Waals surface area contributed by atoms with Crippen molar-refractivity contribution in [2.24, 2.45) is 0 Å². The van der Waals surface area contributed by atoms with Crippen LogP contribution in [-0.4, -0.2) is 22.0 Å². The number of para-hydroxylation sites is 2. The zero-order valence-electron chi connectivity index (χ0n) is 11.0. The number of rotatable bonds is 4. The molecule has 7 heteroatoms. The fourth-order valence-electron chi connectivity index (χ4n) is 1.59. The number of amides is 1. The quantitative estimate of drug-likeness (QED) is 0.905. The average molecular weight is 307 g/mol. The van der Waals surface area contributed by atoms with Crippen LogP contribution in [0, 0.1) is 0 Å². The van der Waals surface area contributed by atoms with Crippen molar-refractivity contribution in [3.8, 4) is 11.6 Å². The number of carbonyl (C=O) groups is 2. The van der Waals surface area contributed by atoms with Crippen LogP contribution < -0.4 is 10.1 Å². The van der Waals surface area contributed by atoms with E-state index in [0.29, 0.717) is 11.4 Å². The van der Waals surface area contributed by atoms with E-state index in [4.69, 9.17) is 21.4 Å². The summed E-state index contributed by atoms with van der Waals surface area (Å²) in [5.74, 6) is -1.09. The van der Waals surface area contributed by atoms with Gasteiger partial charge in [-0.1, -0.05) is 23.7 Å². The molecule has 0 aliphatic rings. The number of ether oxygens (including phenoxy) is 1. The van der Waals surface area contributed by atoms with Crippen LogP contribution in [0.3, 0.4) is 0 Å². The second-order valence-corrected chi connectivity index (χ2v) is 4.47. The summed E-state index contributed by atoms with van der Waals surface area (Å²) in [4.78, 5) is 25.9. The summed E-state index contributed by atoms with van der Waals surface area (Å²) in [5.41, 5.74) is 0.157. The van der Waals surface area contributed by atoms with E-state index in [1.54, 1.807) is 24.3 Å². The van der Waals surface area contributed by atoms with Gasteiger partial charge in [-0.3, -0.25) is 4.79 Å². The zero-order chi connectivity index (χ0) is 15.4. The van der Waals surface area contributed by atoms with Gasteiger partial charge >= 0.3 is 5.97 Å². The molecule has 0 saturated heterocycles. The molecule has 2 N–H and O–H groups in total. The lowest BCUT2D eigenvalue weighted by atomic mass is 10.3. The first-order chi connectivity index (χ1) is 9.97. The first kappa shape index (κ1) is 14.8. The van der Waals surface area contributed by atoms with Crippen molar-refractivity contribution >= 4 is 29.2 Å². The summed E-state index contributed by atoms with van der Waals surface area (Å²) < 4.78 is 5.51. The fraction of sp³-hybridized carbons (Fsp3) is 0.0714. The number of nitrogens with zero attached hydrogens (tertiary/aromatic N) is 1. The lowest BCUT2D eigenvalue weighted by molar-refractivity contribution is -0.114. The number of halogens is 1. The van der Waals surface area contributed by atoms with Crippen LogP contribution in [0.25, 0.3) is 0 Å². The highest BCUT2D eigenvalue weighted by Crippen LogP contribution is 2.29. The molecule has 0 fully saturated rings. The molecule has 21 heavy (non-hydrogen) atoms. The summed E-state index contributed by atoms with van der Waals surface area (Å²) in [6, 6.07) is 9.56. The number of pyridine rings is 1. The Labute approximate surface area is 125 Å². The Morgan fingerprint density at radius 1 is 1.24 bits per heavy atom. The number of hydrogen-bond donors (Lipinski definition) is 2. The lowest BCUT2D eigenvalue weighted by Gasteiger charge is -2.11. The van der Waals surface area contributed by atoms with Crippen molar-refractivity contribution in [2.75, 3.05) is 5.32 Å². The van der Waals surface area contributed by atoms with Crippen LogP contribution in [0.5, 0.6) is 11.6 Å². The highest BCUT2D eigenvalue weighted by atomic mass is 35.5. The molecule has 0 saturated carbocycles. The van der Waals surface area contributed by atoms with Crippen LogP contribution >= 0.6 is 11.6 Å². The van der Waals surface area contributed by atoms with Crippen molar-refractivity contribution < 1.29 is 19.4 Å². The van der Waals surface area contributed by atoms with Crippen molar-refractivity contribution in [3.63, 3.8) is 0 Å². The largest absolute Gasteiger partial charge is 0.476 e. The molecule has 2 rings (SSSR count). The molecule has 0 aliphatic heterocycles. The Balaban J connectivity index is 2.32. The lowest BCUT2D eigenvalue weighted by Crippen LogP contribution is -2.07. The van der Waals surface area contributed by atoms with Gasteiger partial charge in [-0.25, -0.2) is 9.78 Å². The monoisotopic (exact) mass is 306 g/mol. The Kier molecular flexibility index (Phi) is 4.39. The van der Waals surface area contributed by atoms with Gasteiger partial charge in [0.25, 0.3) is 0 Å². The van der Waals surface area contributed by atoms with Crippen molar-refractivity contribution in [3.05, 3.63) is 47.1 Å². The molecule has 0 unspecified atom stereocenters. The van der Waals surface area contributed by atoms with Gasteiger partial charge in [0.05, 0.1) is 10.7 Å². The van der Waals surface area contributed by atoms with Gasteiger partial charge in [0.2, 0.25) is 11.8 Å². The van der Waals surface area contributed by atoms with E-state index < -0.39 is 5.97 Å². The van der Waals surface area contributed by atoms with Gasteiger partial charge < -0.3 is 15.2 Å². The number of anilines is 1. The molecule has 2 aromatic rings. The highest BCUT2D eigenvalue weighted by Gasteiger charge is 2.13. The molecule has 1 amide bonds. The topological polar surface area (TPSA) is 88.5 Å². The van der Waals surface area contributed by atoms with E-state index in [-0.39, 0.29) is 22.5 Å². The maximum atomic E-state index is 11.1. The molecule has 108 valence electrons. The molecule has 0 radical (unpaired) electrons. The first-order valence-corrected chi connectivity index (χ1v) is 6.29. The van der Waals surface area contributed by atoms with E-state index in [1.807, 2.05) is 0 Å². The van der Waals surface area contributed by atoms with E-state index in [9.17, 15) is 9.59 Å². The van der Waals surface area contributed by atoms with Gasteiger partial charge in [0.15, 0.2) is 11.4 Å². The summed E-state index contributed by atoms with van der Waals surface area (Å²) in [6.45, 7) is 1.37. The van der Waals surface area contributed by atoms with Crippen molar-refractivity contribution in [1.82, 2.24) is 4.98 Å². The number of aromatic nitrogens is 1. The number of hydrogen-bond acceptors (Lipinski definition) is 4. The smallest absolute Gasteiger partial charge is 0.356 e. The summed E-state index contributed by atoms with van der Waals surface area (Å²) in [6.07, 6.45) is 0. The standard InChI is InChI=1S/C14H11ClN2O4/c1-8(18)16-10-4-2-3-5-11(10)21-12-7-6-9(15)13(17-12)14(19)20/h2-7H,1H3,(H,16,18)(H,19,20). The van der Waals surface area contributed by atoms with Crippen LogP contribution in [-0.2, 0) is 4.79 Å². The van der Waals surface area contributed by atoms with Crippen LogP contribution in [0.1, 0.15) is 17.4 Å². The second-order valence-electron chi connectivity index (χ2n) is 4.06. The SMILES string of the molecule is CC(=O)Nc1ccccc1Oc1ccc(Cl)c(C(=O)O)n1. The Morgan fingerprint density at radius 3 is 2.62 bits per heavy atom. The van der Waals surface area contributed by atoms with Gasteiger partial charge in [0.1, 0.15) is 0 Å². The van der Waals surface area contributed by atoms with Crippen LogP contribution in [0.4, 0.5) is 5.69 Å². The third-order valence-corrected chi connectivity index (χ3v) is 2.74. The molecule has 0 spiro atoms. The summed E-state index contributed by atoms with van der Waals surface area (Å²) >= 11 is 5.74. The zero-order valence-corrected chi connectivity index (χ0v) is 11.7. The van der Waals surface area contributed by atoms with Gasteiger partial charge in [-0.05, 0) is 18.2 Å². The molecule has 1 heterocycles. The van der Waals surface area contributed by atoms with Crippen molar-refractivity contribution in [2.45, 2.75) is 6.92 Å². The number of aromatic carboxylic acids is 1. The average Bonchev–Trinajstić information content (AvgIpc) is 2.42. The maximum Gasteiger partial charge on any atom is 0.356 e. The third-order valence-electron chi connectivity index (χ3n) is 2.44. The molecule has 1 aromatic carbocycles. The molecular weight excluding hydrogens is 296 g/mol. The molecule has 6 nitrogen and oxygen atoms in total. The normalized spacial score (nSPS) is 10.0. The second kappa shape index (κ2) is 6.23. The third kappa shape index (κ3) is 3.70. The van der Waals surface area contributed by atoms with E-state index >= 15 is 0 Å². The summed E-state index contributed by atoms with van der Waals surface area (Å²) in [7, 11) is 0. The van der Waals surface area contributed by atoms with Gasteiger partial charge in [-0.2, -0.15) is 0 Å².